The molecule has 0 aromatic carbocycles. The molecule has 0 saturated carbocycles. The minimum atomic E-state index is -4.09. The summed E-state index contributed by atoms with van der Waals surface area (Å²) in [4.78, 5) is 10.0. The van der Waals surface area contributed by atoms with E-state index < -0.39 is 13.9 Å². The molecular weight excluding hydrogens is 453 g/mol. The average Bonchev–Trinajstić information content (AvgIpc) is 3.18. The SMILES string of the molecule is CCCCCCCCCCCCCCCCOC[C@@H]1OCC[C@H]1OP(=O)(O)OCC[N+](C)(C)C. The van der Waals surface area contributed by atoms with Crippen molar-refractivity contribution < 1.29 is 32.5 Å². The van der Waals surface area contributed by atoms with Crippen LogP contribution in [0.15, 0.2) is 0 Å². The number of hydrogen-bond donors (Lipinski definition) is 1. The fourth-order valence-corrected chi connectivity index (χ4v) is 5.09. The van der Waals surface area contributed by atoms with Gasteiger partial charge in [0.1, 0.15) is 25.4 Å². The third-order valence-electron chi connectivity index (χ3n) is 6.36. The Labute approximate surface area is 210 Å². The molecule has 204 valence electrons. The summed E-state index contributed by atoms with van der Waals surface area (Å²) in [5.41, 5.74) is 0. The maximum atomic E-state index is 12.2. The third kappa shape index (κ3) is 18.3. The van der Waals surface area contributed by atoms with Gasteiger partial charge in [-0.25, -0.2) is 4.57 Å². The van der Waals surface area contributed by atoms with Crippen molar-refractivity contribution in [2.75, 3.05) is 54.1 Å². The number of rotatable bonds is 23. The van der Waals surface area contributed by atoms with Gasteiger partial charge in [0.2, 0.25) is 0 Å². The molecule has 1 fully saturated rings. The van der Waals surface area contributed by atoms with Gasteiger partial charge < -0.3 is 18.9 Å². The van der Waals surface area contributed by atoms with Crippen molar-refractivity contribution in [1.82, 2.24) is 0 Å². The summed E-state index contributed by atoms with van der Waals surface area (Å²) in [6, 6.07) is 0. The van der Waals surface area contributed by atoms with E-state index in [1.54, 1.807) is 0 Å². The zero-order valence-electron chi connectivity index (χ0n) is 22.7. The van der Waals surface area contributed by atoms with Crippen LogP contribution in [-0.4, -0.2) is 75.7 Å². The van der Waals surface area contributed by atoms with E-state index in [1.165, 1.54) is 83.5 Å². The van der Waals surface area contributed by atoms with Crippen molar-refractivity contribution in [3.8, 4) is 0 Å². The van der Waals surface area contributed by atoms with Gasteiger partial charge in [-0.1, -0.05) is 90.4 Å². The Morgan fingerprint density at radius 1 is 0.853 bits per heavy atom. The summed E-state index contributed by atoms with van der Waals surface area (Å²) in [6.07, 6.45) is 18.5. The number of phosphoric ester groups is 1. The van der Waals surface area contributed by atoms with Crippen LogP contribution in [0.3, 0.4) is 0 Å². The number of quaternary nitrogens is 1. The molecule has 1 aliphatic rings. The Morgan fingerprint density at radius 2 is 1.38 bits per heavy atom. The van der Waals surface area contributed by atoms with E-state index in [9.17, 15) is 9.46 Å². The second kappa shape index (κ2) is 19.1. The standard InChI is InChI=1S/C26H54NO6P/c1-5-6-7-8-9-10-11-12-13-14-15-16-17-18-21-30-24-26-25(19-22-31-26)33-34(28,29)32-23-20-27(2,3)4/h25-26H,5-24H2,1-4H3/p+1/t25-,26+/m1/s1. The number of hydrogen-bond acceptors (Lipinski definition) is 5. The zero-order valence-corrected chi connectivity index (χ0v) is 23.6. The first-order valence-corrected chi connectivity index (χ1v) is 15.4. The van der Waals surface area contributed by atoms with Gasteiger partial charge in [-0.3, -0.25) is 9.05 Å². The zero-order chi connectivity index (χ0) is 25.1. The molecule has 8 heteroatoms. The average molecular weight is 509 g/mol. The number of ether oxygens (including phenoxy) is 2. The van der Waals surface area contributed by atoms with Gasteiger partial charge >= 0.3 is 7.82 Å². The molecule has 0 spiro atoms. The quantitative estimate of drug-likeness (QED) is 0.0967. The van der Waals surface area contributed by atoms with Crippen molar-refractivity contribution in [3.05, 3.63) is 0 Å². The van der Waals surface area contributed by atoms with E-state index in [2.05, 4.69) is 6.92 Å². The summed E-state index contributed by atoms with van der Waals surface area (Å²) in [5, 5.41) is 0. The van der Waals surface area contributed by atoms with E-state index >= 15 is 0 Å². The van der Waals surface area contributed by atoms with Crippen LogP contribution in [0.4, 0.5) is 0 Å². The molecule has 3 atom stereocenters. The highest BCUT2D eigenvalue weighted by molar-refractivity contribution is 7.47. The topological polar surface area (TPSA) is 74.2 Å². The second-order valence-corrected chi connectivity index (χ2v) is 12.2. The van der Waals surface area contributed by atoms with E-state index in [-0.39, 0.29) is 12.7 Å². The summed E-state index contributed by atoms with van der Waals surface area (Å²) in [6.45, 7) is 4.67. The maximum Gasteiger partial charge on any atom is 0.472 e. The van der Waals surface area contributed by atoms with Crippen LogP contribution < -0.4 is 0 Å². The minimum absolute atomic E-state index is 0.172. The highest BCUT2D eigenvalue weighted by atomic mass is 31.2. The highest BCUT2D eigenvalue weighted by Crippen LogP contribution is 2.46. The molecule has 1 aliphatic heterocycles. The predicted molar refractivity (Wildman–Crippen MR) is 139 cm³/mol. The Hall–Kier alpha value is -0.0100. The summed E-state index contributed by atoms with van der Waals surface area (Å²) >= 11 is 0. The molecule has 1 heterocycles. The van der Waals surface area contributed by atoms with Crippen LogP contribution in [0.2, 0.25) is 0 Å². The normalized spacial score (nSPS) is 20.6. The van der Waals surface area contributed by atoms with Gasteiger partial charge in [-0.15, -0.1) is 0 Å². The van der Waals surface area contributed by atoms with E-state index in [0.29, 0.717) is 37.3 Å². The molecule has 7 nitrogen and oxygen atoms in total. The minimum Gasteiger partial charge on any atom is -0.379 e. The predicted octanol–water partition coefficient (Wildman–Crippen LogP) is 6.48. The van der Waals surface area contributed by atoms with Crippen molar-refractivity contribution >= 4 is 7.82 Å². The van der Waals surface area contributed by atoms with Crippen molar-refractivity contribution in [2.24, 2.45) is 0 Å². The fraction of sp³-hybridized carbons (Fsp3) is 1.00. The fourth-order valence-electron chi connectivity index (χ4n) is 4.13. The van der Waals surface area contributed by atoms with Gasteiger partial charge in [0.25, 0.3) is 0 Å². The van der Waals surface area contributed by atoms with E-state index in [1.807, 2.05) is 21.1 Å². The maximum absolute atomic E-state index is 12.2. The van der Waals surface area contributed by atoms with E-state index in [4.69, 9.17) is 18.5 Å². The molecule has 34 heavy (non-hydrogen) atoms. The molecule has 0 aliphatic carbocycles. The highest BCUT2D eigenvalue weighted by Gasteiger charge is 2.36. The number of likely N-dealkylation sites (N-methyl/N-ethyl adjacent to an activating group) is 1. The van der Waals surface area contributed by atoms with Crippen LogP contribution in [0, 0.1) is 0 Å². The van der Waals surface area contributed by atoms with Gasteiger partial charge in [-0.05, 0) is 6.42 Å². The molecule has 1 saturated heterocycles. The van der Waals surface area contributed by atoms with Crippen LogP contribution >= 0.6 is 7.82 Å². The summed E-state index contributed by atoms with van der Waals surface area (Å²) in [5.74, 6) is 0. The lowest BCUT2D eigenvalue weighted by atomic mass is 10.0. The lowest BCUT2D eigenvalue weighted by Gasteiger charge is -2.25. The van der Waals surface area contributed by atoms with Crippen molar-refractivity contribution in [1.29, 1.82) is 0 Å². The van der Waals surface area contributed by atoms with Crippen molar-refractivity contribution in [3.63, 3.8) is 0 Å². The first-order valence-electron chi connectivity index (χ1n) is 13.9. The van der Waals surface area contributed by atoms with Gasteiger partial charge in [0.05, 0.1) is 27.7 Å². The summed E-state index contributed by atoms with van der Waals surface area (Å²) in [7, 11) is 1.92. The Morgan fingerprint density at radius 3 is 1.91 bits per heavy atom. The third-order valence-corrected chi connectivity index (χ3v) is 7.40. The molecule has 1 N–H and O–H groups in total. The van der Waals surface area contributed by atoms with Crippen LogP contribution in [0.25, 0.3) is 0 Å². The Balaban J connectivity index is 1.96. The molecule has 1 rings (SSSR count). The first kappa shape index (κ1) is 32.0. The smallest absolute Gasteiger partial charge is 0.379 e. The van der Waals surface area contributed by atoms with E-state index in [0.717, 1.165) is 6.42 Å². The van der Waals surface area contributed by atoms with Gasteiger partial charge in [0.15, 0.2) is 0 Å². The second-order valence-electron chi connectivity index (χ2n) is 10.8. The monoisotopic (exact) mass is 508 g/mol. The van der Waals surface area contributed by atoms with Crippen molar-refractivity contribution in [2.45, 2.75) is 115 Å². The Kier molecular flexibility index (Phi) is 18.0. The largest absolute Gasteiger partial charge is 0.472 e. The number of phosphoric acid groups is 1. The molecule has 1 unspecified atom stereocenters. The first-order chi connectivity index (χ1) is 16.2. The molecule has 0 aromatic rings. The number of nitrogens with zero attached hydrogens (tertiary/aromatic N) is 1. The number of unbranched alkanes of at least 4 members (excludes halogenated alkanes) is 13. The molecule has 0 bridgehead atoms. The van der Waals surface area contributed by atoms with Gasteiger partial charge in [0, 0.05) is 19.6 Å². The molecule has 0 radical (unpaired) electrons. The van der Waals surface area contributed by atoms with Crippen LogP contribution in [0.1, 0.15) is 103 Å². The molecule has 0 aromatic heterocycles. The lowest BCUT2D eigenvalue weighted by molar-refractivity contribution is -0.870. The van der Waals surface area contributed by atoms with Crippen LogP contribution in [0.5, 0.6) is 0 Å². The van der Waals surface area contributed by atoms with Gasteiger partial charge in [-0.2, -0.15) is 0 Å². The lowest BCUT2D eigenvalue weighted by Crippen LogP contribution is -2.37. The molecular formula is C26H55NO6P+. The van der Waals surface area contributed by atoms with Crippen LogP contribution in [-0.2, 0) is 23.1 Å². The Bertz CT molecular complexity index is 528. The molecule has 0 amide bonds. The summed E-state index contributed by atoms with van der Waals surface area (Å²) < 4.78 is 34.8.